The summed E-state index contributed by atoms with van der Waals surface area (Å²) >= 11 is 1.55. The summed E-state index contributed by atoms with van der Waals surface area (Å²) in [4.78, 5) is 29.9. The van der Waals surface area contributed by atoms with Crippen LogP contribution in [0.1, 0.15) is 34.5 Å². The lowest BCUT2D eigenvalue weighted by atomic mass is 9.99. The third-order valence-corrected chi connectivity index (χ3v) is 5.85. The molecule has 2 N–H and O–H groups in total. The van der Waals surface area contributed by atoms with Gasteiger partial charge in [-0.2, -0.15) is 0 Å². The number of thioether (sulfide) groups is 1. The van der Waals surface area contributed by atoms with E-state index in [-0.39, 0.29) is 17.0 Å². The maximum absolute atomic E-state index is 12.9. The lowest BCUT2D eigenvalue weighted by Gasteiger charge is -2.23. The van der Waals surface area contributed by atoms with Crippen molar-refractivity contribution in [2.45, 2.75) is 38.0 Å². The molecule has 2 aromatic heterocycles. The molecule has 1 aliphatic rings. The van der Waals surface area contributed by atoms with Gasteiger partial charge in [-0.15, -0.1) is 0 Å². The highest BCUT2D eigenvalue weighted by Crippen LogP contribution is 2.14. The maximum atomic E-state index is 12.9. The monoisotopic (exact) mass is 389 g/mol. The van der Waals surface area contributed by atoms with Crippen molar-refractivity contribution in [1.82, 2.24) is 24.8 Å². The Bertz CT molecular complexity index is 867. The summed E-state index contributed by atoms with van der Waals surface area (Å²) in [6, 6.07) is 1.85. The van der Waals surface area contributed by atoms with Gasteiger partial charge in [0.2, 0.25) is 0 Å². The first-order valence-corrected chi connectivity index (χ1v) is 10.5. The lowest BCUT2D eigenvalue weighted by Crippen LogP contribution is -2.38. The average Bonchev–Trinajstić information content (AvgIpc) is 3.03. The van der Waals surface area contributed by atoms with E-state index in [9.17, 15) is 9.59 Å². The van der Waals surface area contributed by atoms with Crippen molar-refractivity contribution in [2.75, 3.05) is 19.3 Å². The van der Waals surface area contributed by atoms with Gasteiger partial charge in [0, 0.05) is 19.8 Å². The largest absolute Gasteiger partial charge is 0.346 e. The second-order valence-electron chi connectivity index (χ2n) is 7.02. The highest BCUT2D eigenvalue weighted by Gasteiger charge is 2.19. The zero-order valence-corrected chi connectivity index (χ0v) is 16.9. The van der Waals surface area contributed by atoms with Crippen LogP contribution in [0.15, 0.2) is 28.4 Å². The van der Waals surface area contributed by atoms with E-state index < -0.39 is 0 Å². The van der Waals surface area contributed by atoms with Crippen molar-refractivity contribution in [3.63, 3.8) is 0 Å². The molecule has 1 unspecified atom stereocenters. The van der Waals surface area contributed by atoms with Gasteiger partial charge in [0.25, 0.3) is 11.5 Å². The molecule has 0 spiro atoms. The van der Waals surface area contributed by atoms with Gasteiger partial charge >= 0.3 is 0 Å². The summed E-state index contributed by atoms with van der Waals surface area (Å²) in [7, 11) is 1.92. The Morgan fingerprint density at radius 3 is 2.96 bits per heavy atom. The predicted octanol–water partition coefficient (Wildman–Crippen LogP) is 1.54. The maximum Gasteiger partial charge on any atom is 0.263 e. The van der Waals surface area contributed by atoms with Crippen LogP contribution in [0.3, 0.4) is 0 Å². The number of nitrogens with zero attached hydrogens (tertiary/aromatic N) is 3. The summed E-state index contributed by atoms with van der Waals surface area (Å²) < 4.78 is 3.62. The van der Waals surface area contributed by atoms with Gasteiger partial charge in [-0.05, 0) is 56.7 Å². The highest BCUT2D eigenvalue weighted by atomic mass is 32.2. The molecule has 1 atom stereocenters. The molecule has 0 aromatic carbocycles. The Balaban J connectivity index is 1.74. The Hall–Kier alpha value is -2.06. The molecule has 27 heavy (non-hydrogen) atoms. The summed E-state index contributed by atoms with van der Waals surface area (Å²) in [6.07, 6.45) is 7.74. The van der Waals surface area contributed by atoms with Crippen molar-refractivity contribution in [1.29, 1.82) is 0 Å². The summed E-state index contributed by atoms with van der Waals surface area (Å²) in [5.74, 6) is 0.0926. The number of hydrogen-bond acceptors (Lipinski definition) is 5. The van der Waals surface area contributed by atoms with Gasteiger partial charge in [0.1, 0.15) is 5.56 Å². The van der Waals surface area contributed by atoms with Crippen LogP contribution in [0.4, 0.5) is 0 Å². The number of carbonyl (C=O) groups excluding carboxylic acids is 1. The van der Waals surface area contributed by atoms with Crippen molar-refractivity contribution in [3.05, 3.63) is 45.6 Å². The van der Waals surface area contributed by atoms with Crippen LogP contribution in [0.2, 0.25) is 0 Å². The highest BCUT2D eigenvalue weighted by molar-refractivity contribution is 7.98. The Morgan fingerprint density at radius 1 is 1.48 bits per heavy atom. The number of imidazole rings is 1. The first-order chi connectivity index (χ1) is 13.0. The van der Waals surface area contributed by atoms with E-state index in [4.69, 9.17) is 0 Å². The summed E-state index contributed by atoms with van der Waals surface area (Å²) in [6.45, 7) is 4.74. The molecular weight excluding hydrogens is 362 g/mol. The van der Waals surface area contributed by atoms with Gasteiger partial charge in [0.05, 0.1) is 18.4 Å². The molecule has 0 aliphatic carbocycles. The molecule has 8 heteroatoms. The number of piperidine rings is 1. The van der Waals surface area contributed by atoms with Gasteiger partial charge in [-0.25, -0.2) is 4.98 Å². The third-order valence-electron chi connectivity index (χ3n) is 5.11. The summed E-state index contributed by atoms with van der Waals surface area (Å²) in [5.41, 5.74) is 1.61. The van der Waals surface area contributed by atoms with E-state index in [0.717, 1.165) is 36.8 Å². The fourth-order valence-electron chi connectivity index (χ4n) is 3.48. The molecule has 1 aliphatic heterocycles. The van der Waals surface area contributed by atoms with E-state index in [1.807, 2.05) is 23.9 Å². The second-order valence-corrected chi connectivity index (χ2v) is 7.79. The van der Waals surface area contributed by atoms with Gasteiger partial charge in [-0.3, -0.25) is 9.59 Å². The van der Waals surface area contributed by atoms with Crippen molar-refractivity contribution >= 4 is 17.7 Å². The molecule has 1 amide bonds. The molecule has 0 saturated carbocycles. The zero-order valence-electron chi connectivity index (χ0n) is 16.1. The lowest BCUT2D eigenvalue weighted by molar-refractivity contribution is 0.0947. The molecular formula is C19H27N5O2S. The van der Waals surface area contributed by atoms with E-state index >= 15 is 0 Å². The molecule has 146 valence electrons. The van der Waals surface area contributed by atoms with Crippen molar-refractivity contribution in [3.8, 4) is 0 Å². The number of aromatic nitrogens is 3. The van der Waals surface area contributed by atoms with Crippen LogP contribution in [0.25, 0.3) is 0 Å². The molecule has 2 aromatic rings. The zero-order chi connectivity index (χ0) is 19.4. The number of pyridine rings is 1. The van der Waals surface area contributed by atoms with E-state index in [1.165, 1.54) is 0 Å². The second kappa shape index (κ2) is 8.75. The Morgan fingerprint density at radius 2 is 2.30 bits per heavy atom. The number of nitrogens with one attached hydrogen (secondary N) is 2. The number of carbonyl (C=O) groups is 1. The number of amides is 1. The summed E-state index contributed by atoms with van der Waals surface area (Å²) in [5, 5.41) is 7.13. The number of rotatable bonds is 6. The molecule has 7 nitrogen and oxygen atoms in total. The van der Waals surface area contributed by atoms with Crippen molar-refractivity contribution in [2.24, 2.45) is 13.0 Å². The number of hydrogen-bond donors (Lipinski definition) is 2. The molecule has 0 bridgehead atoms. The quantitative estimate of drug-likeness (QED) is 0.733. The topological polar surface area (TPSA) is 81.0 Å². The van der Waals surface area contributed by atoms with Crippen LogP contribution >= 0.6 is 11.8 Å². The molecule has 1 saturated heterocycles. The predicted molar refractivity (Wildman–Crippen MR) is 107 cm³/mol. The normalized spacial score (nSPS) is 17.1. The van der Waals surface area contributed by atoms with Gasteiger partial charge in [0.15, 0.2) is 5.16 Å². The first kappa shape index (κ1) is 19.7. The van der Waals surface area contributed by atoms with E-state index in [1.54, 1.807) is 35.6 Å². The van der Waals surface area contributed by atoms with Crippen molar-refractivity contribution < 1.29 is 4.79 Å². The van der Waals surface area contributed by atoms with Crippen LogP contribution in [0, 0.1) is 12.8 Å². The first-order valence-electron chi connectivity index (χ1n) is 9.24. The molecule has 0 radical (unpaired) electrons. The standard InChI is InChI=1S/C19H27N5O2S/c1-13-6-8-24(12-14-5-4-7-20-9-14)18(26)16(13)17(25)21-10-15-11-22-19(27-3)23(15)2/h6,8,11,14,20H,4-5,7,9-10,12H2,1-3H3,(H,21,25). The van der Waals surface area contributed by atoms with Gasteiger partial charge < -0.3 is 19.8 Å². The molecule has 1 fully saturated rings. The SMILES string of the molecule is CSc1ncc(CNC(=O)c2c(C)ccn(CC3CCCNC3)c2=O)n1C. The fourth-order valence-corrected chi connectivity index (χ4v) is 4.03. The molecule has 3 rings (SSSR count). The smallest absolute Gasteiger partial charge is 0.263 e. The Kier molecular flexibility index (Phi) is 6.38. The Labute approximate surface area is 163 Å². The average molecular weight is 390 g/mol. The van der Waals surface area contributed by atoms with Crippen LogP contribution in [0.5, 0.6) is 0 Å². The van der Waals surface area contributed by atoms with Crippen LogP contribution in [-0.2, 0) is 20.1 Å². The minimum atomic E-state index is -0.333. The third kappa shape index (κ3) is 4.44. The van der Waals surface area contributed by atoms with Crippen LogP contribution in [-0.4, -0.2) is 39.4 Å². The van der Waals surface area contributed by atoms with E-state index in [0.29, 0.717) is 24.6 Å². The number of aryl methyl sites for hydroxylation is 1. The van der Waals surface area contributed by atoms with E-state index in [2.05, 4.69) is 15.6 Å². The van der Waals surface area contributed by atoms with Gasteiger partial charge in [-0.1, -0.05) is 11.8 Å². The molecule has 3 heterocycles. The minimum Gasteiger partial charge on any atom is -0.346 e. The minimum absolute atomic E-state index is 0.215. The fraction of sp³-hybridized carbons (Fsp3) is 0.526. The van der Waals surface area contributed by atoms with Crippen LogP contribution < -0.4 is 16.2 Å².